The molecule has 100 valence electrons. The number of aromatic nitrogens is 1. The van der Waals surface area contributed by atoms with Crippen molar-refractivity contribution in [2.45, 2.75) is 0 Å². The maximum atomic E-state index is 12.7. The fraction of sp³-hybridized carbons (Fsp3) is 0.0714. The van der Waals surface area contributed by atoms with E-state index in [9.17, 15) is 9.18 Å². The first-order chi connectivity index (χ1) is 9.63. The quantitative estimate of drug-likeness (QED) is 0.487. The Morgan fingerprint density at radius 1 is 1.30 bits per heavy atom. The molecular weight excluding hydrogens is 263 g/mol. The van der Waals surface area contributed by atoms with Crippen LogP contribution >= 0.6 is 0 Å². The fourth-order valence-corrected chi connectivity index (χ4v) is 1.48. The van der Waals surface area contributed by atoms with Gasteiger partial charge in [0.2, 0.25) is 5.95 Å². The van der Waals surface area contributed by atoms with E-state index in [0.29, 0.717) is 11.3 Å². The first-order valence-corrected chi connectivity index (χ1v) is 5.56. The van der Waals surface area contributed by atoms with Crippen LogP contribution in [0.5, 0.6) is 11.5 Å². The summed E-state index contributed by atoms with van der Waals surface area (Å²) in [4.78, 5) is 15.2. The van der Waals surface area contributed by atoms with E-state index in [-0.39, 0.29) is 11.3 Å². The number of carbonyl (C=O) groups is 1. The molecule has 1 aromatic carbocycles. The Balaban J connectivity index is 2.27. The van der Waals surface area contributed by atoms with Crippen LogP contribution in [0.1, 0.15) is 15.9 Å². The fourth-order valence-electron chi connectivity index (χ4n) is 1.48. The first-order valence-electron chi connectivity index (χ1n) is 5.56. The van der Waals surface area contributed by atoms with E-state index in [1.807, 2.05) is 6.07 Å². The van der Waals surface area contributed by atoms with E-state index >= 15 is 0 Å². The van der Waals surface area contributed by atoms with Crippen LogP contribution in [0.25, 0.3) is 0 Å². The van der Waals surface area contributed by atoms with Crippen molar-refractivity contribution in [1.29, 1.82) is 5.26 Å². The van der Waals surface area contributed by atoms with Crippen molar-refractivity contribution < 1.29 is 18.7 Å². The van der Waals surface area contributed by atoms with Gasteiger partial charge in [-0.3, -0.25) is 0 Å². The molecule has 0 saturated carbocycles. The van der Waals surface area contributed by atoms with Crippen LogP contribution in [0.3, 0.4) is 0 Å². The summed E-state index contributed by atoms with van der Waals surface area (Å²) in [7, 11) is 1.41. The number of hydrogen-bond acceptors (Lipinski definition) is 5. The molecular formula is C14H9FN2O3. The third-order valence-electron chi connectivity index (χ3n) is 2.46. The highest BCUT2D eigenvalue weighted by Crippen LogP contribution is 2.28. The van der Waals surface area contributed by atoms with E-state index in [4.69, 9.17) is 14.7 Å². The smallest absolute Gasteiger partial charge is 0.345 e. The highest BCUT2D eigenvalue weighted by Gasteiger charge is 2.13. The van der Waals surface area contributed by atoms with Gasteiger partial charge in [-0.2, -0.15) is 9.65 Å². The molecule has 2 rings (SSSR count). The lowest BCUT2D eigenvalue weighted by Crippen LogP contribution is -2.10. The van der Waals surface area contributed by atoms with Gasteiger partial charge in [-0.15, -0.1) is 0 Å². The Bertz CT molecular complexity index is 678. The van der Waals surface area contributed by atoms with Gasteiger partial charge in [0.15, 0.2) is 11.5 Å². The normalized spacial score (nSPS) is 9.65. The van der Waals surface area contributed by atoms with Crippen molar-refractivity contribution in [1.82, 2.24) is 4.98 Å². The number of hydrogen-bond donors (Lipinski definition) is 0. The SMILES string of the molecule is COc1ccc(C#N)cc1OC(=O)c1ccc(F)nc1. The molecule has 0 fully saturated rings. The standard InChI is InChI=1S/C14H9FN2O3/c1-19-11-4-2-9(7-16)6-12(11)20-14(18)10-3-5-13(15)17-8-10/h2-6,8H,1H3. The Labute approximate surface area is 114 Å². The second-order valence-corrected chi connectivity index (χ2v) is 3.74. The first kappa shape index (κ1) is 13.5. The molecule has 0 spiro atoms. The van der Waals surface area contributed by atoms with E-state index < -0.39 is 11.9 Å². The lowest BCUT2D eigenvalue weighted by molar-refractivity contribution is 0.0729. The summed E-state index contributed by atoms with van der Waals surface area (Å²) in [6.45, 7) is 0. The maximum Gasteiger partial charge on any atom is 0.345 e. The van der Waals surface area contributed by atoms with E-state index in [1.165, 1.54) is 31.4 Å². The van der Waals surface area contributed by atoms with E-state index in [1.54, 1.807) is 0 Å². The van der Waals surface area contributed by atoms with Crippen molar-refractivity contribution in [3.63, 3.8) is 0 Å². The van der Waals surface area contributed by atoms with Gasteiger partial charge in [-0.1, -0.05) is 0 Å². The van der Waals surface area contributed by atoms with Crippen LogP contribution in [-0.2, 0) is 0 Å². The molecule has 6 heteroatoms. The molecule has 5 nitrogen and oxygen atoms in total. The Kier molecular flexibility index (Phi) is 3.91. The van der Waals surface area contributed by atoms with Crippen LogP contribution < -0.4 is 9.47 Å². The van der Waals surface area contributed by atoms with Crippen molar-refractivity contribution in [3.05, 3.63) is 53.6 Å². The van der Waals surface area contributed by atoms with Crippen LogP contribution in [0.4, 0.5) is 4.39 Å². The highest BCUT2D eigenvalue weighted by molar-refractivity contribution is 5.91. The molecule has 1 heterocycles. The van der Waals surface area contributed by atoms with Gasteiger partial charge in [0.1, 0.15) is 0 Å². The van der Waals surface area contributed by atoms with E-state index in [2.05, 4.69) is 4.98 Å². The van der Waals surface area contributed by atoms with Crippen molar-refractivity contribution in [3.8, 4) is 17.6 Å². The Morgan fingerprint density at radius 2 is 2.10 bits per heavy atom. The number of nitrogens with zero attached hydrogens (tertiary/aromatic N) is 2. The van der Waals surface area contributed by atoms with Crippen molar-refractivity contribution in [2.24, 2.45) is 0 Å². The predicted octanol–water partition coefficient (Wildman–Crippen LogP) is 2.32. The average molecular weight is 272 g/mol. The molecule has 0 aliphatic carbocycles. The van der Waals surface area contributed by atoms with E-state index in [0.717, 1.165) is 12.3 Å². The molecule has 0 aliphatic heterocycles. The predicted molar refractivity (Wildman–Crippen MR) is 66.9 cm³/mol. The lowest BCUT2D eigenvalue weighted by Gasteiger charge is -2.09. The zero-order chi connectivity index (χ0) is 14.5. The molecule has 0 radical (unpaired) electrons. The minimum Gasteiger partial charge on any atom is -0.493 e. The monoisotopic (exact) mass is 272 g/mol. The average Bonchev–Trinajstić information content (AvgIpc) is 2.47. The minimum atomic E-state index is -0.717. The number of pyridine rings is 1. The minimum absolute atomic E-state index is 0.0933. The third kappa shape index (κ3) is 2.90. The van der Waals surface area contributed by atoms with Crippen LogP contribution in [-0.4, -0.2) is 18.1 Å². The molecule has 0 N–H and O–H groups in total. The van der Waals surface area contributed by atoms with Crippen LogP contribution in [0.15, 0.2) is 36.5 Å². The Morgan fingerprint density at radius 3 is 2.70 bits per heavy atom. The molecule has 0 atom stereocenters. The topological polar surface area (TPSA) is 72.2 Å². The largest absolute Gasteiger partial charge is 0.493 e. The van der Waals surface area contributed by atoms with Gasteiger partial charge in [0, 0.05) is 12.3 Å². The molecule has 0 bridgehead atoms. The second-order valence-electron chi connectivity index (χ2n) is 3.74. The summed E-state index contributed by atoms with van der Waals surface area (Å²) in [5, 5.41) is 8.82. The van der Waals surface area contributed by atoms with Gasteiger partial charge < -0.3 is 9.47 Å². The number of nitriles is 1. The van der Waals surface area contributed by atoms with Gasteiger partial charge in [-0.25, -0.2) is 9.78 Å². The van der Waals surface area contributed by atoms with Gasteiger partial charge in [0.25, 0.3) is 0 Å². The number of ether oxygens (including phenoxy) is 2. The third-order valence-corrected chi connectivity index (χ3v) is 2.46. The molecule has 0 amide bonds. The van der Waals surface area contributed by atoms with Crippen molar-refractivity contribution >= 4 is 5.97 Å². The zero-order valence-corrected chi connectivity index (χ0v) is 10.5. The summed E-state index contributed by atoms with van der Waals surface area (Å²) in [5.41, 5.74) is 0.418. The van der Waals surface area contributed by atoms with Crippen LogP contribution in [0.2, 0.25) is 0 Å². The molecule has 0 unspecified atom stereocenters. The maximum absolute atomic E-state index is 12.7. The summed E-state index contributed by atoms with van der Waals surface area (Å²) in [6.07, 6.45) is 1.07. The second kappa shape index (κ2) is 5.80. The van der Waals surface area contributed by atoms with Gasteiger partial charge in [0.05, 0.1) is 24.3 Å². The lowest BCUT2D eigenvalue weighted by atomic mass is 10.2. The highest BCUT2D eigenvalue weighted by atomic mass is 19.1. The molecule has 1 aromatic heterocycles. The van der Waals surface area contributed by atoms with Gasteiger partial charge in [-0.05, 0) is 24.3 Å². The number of methoxy groups -OCH3 is 1. The molecule has 20 heavy (non-hydrogen) atoms. The summed E-state index contributed by atoms with van der Waals surface area (Å²) >= 11 is 0. The summed E-state index contributed by atoms with van der Waals surface area (Å²) < 4.78 is 22.8. The molecule has 2 aromatic rings. The van der Waals surface area contributed by atoms with Gasteiger partial charge >= 0.3 is 5.97 Å². The summed E-state index contributed by atoms with van der Waals surface area (Å²) in [6, 6.07) is 8.68. The van der Waals surface area contributed by atoms with Crippen LogP contribution in [0, 0.1) is 17.3 Å². The molecule has 0 saturated heterocycles. The number of rotatable bonds is 3. The summed E-state index contributed by atoms with van der Waals surface area (Å²) in [5.74, 6) is -0.982. The number of carbonyl (C=O) groups excluding carboxylic acids is 1. The number of esters is 1. The number of halogens is 1. The van der Waals surface area contributed by atoms with Crippen molar-refractivity contribution in [2.75, 3.05) is 7.11 Å². The Hall–Kier alpha value is -2.94. The molecule has 0 aliphatic rings. The number of benzene rings is 1. The zero-order valence-electron chi connectivity index (χ0n) is 10.5.